The largest absolute Gasteiger partial charge is 0.378 e. The average Bonchev–Trinajstić information content (AvgIpc) is 2.55. The van der Waals surface area contributed by atoms with Crippen molar-refractivity contribution in [1.82, 2.24) is 4.72 Å². The molecule has 0 bridgehead atoms. The summed E-state index contributed by atoms with van der Waals surface area (Å²) in [6, 6.07) is 6.99. The van der Waals surface area contributed by atoms with Crippen LogP contribution in [0.4, 0.5) is 0 Å². The Balaban J connectivity index is 1.66. The molecule has 128 valence electrons. The molecular formula is C17H24ClNO3S. The number of halogens is 1. The minimum Gasteiger partial charge on any atom is -0.378 e. The van der Waals surface area contributed by atoms with Crippen molar-refractivity contribution in [1.29, 1.82) is 0 Å². The van der Waals surface area contributed by atoms with E-state index < -0.39 is 10.0 Å². The number of benzene rings is 1. The molecule has 1 fully saturated rings. The molecule has 23 heavy (non-hydrogen) atoms. The highest BCUT2D eigenvalue weighted by Crippen LogP contribution is 2.20. The van der Waals surface area contributed by atoms with Gasteiger partial charge in [0, 0.05) is 23.6 Å². The fraction of sp³-hybridized carbons (Fsp3) is 0.529. The molecule has 1 aliphatic carbocycles. The van der Waals surface area contributed by atoms with Gasteiger partial charge in [-0.25, -0.2) is 13.1 Å². The number of hydrogen-bond acceptors (Lipinski definition) is 3. The van der Waals surface area contributed by atoms with Crippen molar-refractivity contribution in [2.75, 3.05) is 13.2 Å². The zero-order valence-electron chi connectivity index (χ0n) is 13.2. The Kier molecular flexibility index (Phi) is 7.56. The summed E-state index contributed by atoms with van der Waals surface area (Å²) in [6.07, 6.45) is 8.66. The molecule has 0 aliphatic heterocycles. The van der Waals surface area contributed by atoms with Crippen LogP contribution in [-0.4, -0.2) is 27.7 Å². The predicted molar refractivity (Wildman–Crippen MR) is 94.9 cm³/mol. The summed E-state index contributed by atoms with van der Waals surface area (Å²) >= 11 is 5.79. The quantitative estimate of drug-likeness (QED) is 0.716. The van der Waals surface area contributed by atoms with Gasteiger partial charge in [0.2, 0.25) is 10.0 Å². The first-order chi connectivity index (χ1) is 11.1. The van der Waals surface area contributed by atoms with Crippen LogP contribution in [0.5, 0.6) is 0 Å². The van der Waals surface area contributed by atoms with Gasteiger partial charge in [-0.15, -0.1) is 0 Å². The normalized spacial score (nSPS) is 16.9. The Morgan fingerprint density at radius 3 is 2.57 bits per heavy atom. The van der Waals surface area contributed by atoms with E-state index in [2.05, 4.69) is 4.72 Å². The van der Waals surface area contributed by atoms with E-state index in [9.17, 15) is 8.42 Å². The molecule has 1 aliphatic rings. The number of ether oxygens (including phenoxy) is 1. The molecule has 0 unspecified atom stereocenters. The second kappa shape index (κ2) is 9.42. The molecular weight excluding hydrogens is 334 g/mol. The maximum absolute atomic E-state index is 11.9. The van der Waals surface area contributed by atoms with E-state index in [1.807, 2.05) is 0 Å². The van der Waals surface area contributed by atoms with Crippen molar-refractivity contribution in [3.63, 3.8) is 0 Å². The Labute approximate surface area is 143 Å². The van der Waals surface area contributed by atoms with Gasteiger partial charge in [-0.1, -0.05) is 43.0 Å². The molecule has 0 saturated heterocycles. The Bertz CT molecular complexity index is 593. The maximum atomic E-state index is 11.9. The van der Waals surface area contributed by atoms with Crippen LogP contribution in [0.3, 0.4) is 0 Å². The van der Waals surface area contributed by atoms with Crippen molar-refractivity contribution in [3.8, 4) is 0 Å². The Morgan fingerprint density at radius 1 is 1.17 bits per heavy atom. The number of hydrogen-bond donors (Lipinski definition) is 1. The van der Waals surface area contributed by atoms with Gasteiger partial charge < -0.3 is 4.74 Å². The molecule has 0 atom stereocenters. The lowest BCUT2D eigenvalue weighted by Crippen LogP contribution is -2.24. The van der Waals surface area contributed by atoms with Crippen LogP contribution in [-0.2, 0) is 14.8 Å². The number of rotatable bonds is 8. The summed E-state index contributed by atoms with van der Waals surface area (Å²) < 4.78 is 32.1. The van der Waals surface area contributed by atoms with Crippen molar-refractivity contribution >= 4 is 27.7 Å². The summed E-state index contributed by atoms with van der Waals surface area (Å²) in [7, 11) is -3.41. The third-order valence-electron chi connectivity index (χ3n) is 3.84. The minimum absolute atomic E-state index is 0.366. The molecule has 1 N–H and O–H groups in total. The van der Waals surface area contributed by atoms with Gasteiger partial charge in [-0.05, 0) is 43.0 Å². The number of sulfonamides is 1. The van der Waals surface area contributed by atoms with E-state index >= 15 is 0 Å². The molecule has 6 heteroatoms. The van der Waals surface area contributed by atoms with E-state index in [4.69, 9.17) is 16.3 Å². The standard InChI is InChI=1S/C17H24ClNO3S/c18-16-9-7-15(8-10-16)11-14-23(20,21)19-12-4-13-22-17-5-2-1-3-6-17/h7-11,14,17,19H,1-6,12-13H2/b14-11+. The SMILES string of the molecule is O=S(=O)(/C=C/c1ccc(Cl)cc1)NCCCOC1CCCCC1. The topological polar surface area (TPSA) is 55.4 Å². The molecule has 1 aromatic carbocycles. The van der Waals surface area contributed by atoms with Crippen molar-refractivity contribution in [2.24, 2.45) is 0 Å². The Hall–Kier alpha value is -0.880. The van der Waals surface area contributed by atoms with E-state index in [0.717, 1.165) is 18.4 Å². The molecule has 0 amide bonds. The molecule has 1 saturated carbocycles. The van der Waals surface area contributed by atoms with Crippen LogP contribution in [0.15, 0.2) is 29.7 Å². The van der Waals surface area contributed by atoms with Gasteiger partial charge in [0.25, 0.3) is 0 Å². The van der Waals surface area contributed by atoms with Crippen LogP contribution in [0, 0.1) is 0 Å². The molecule has 0 radical (unpaired) electrons. The predicted octanol–water partition coefficient (Wildman–Crippen LogP) is 3.97. The minimum atomic E-state index is -3.41. The van der Waals surface area contributed by atoms with Gasteiger partial charge in [0.05, 0.1) is 6.10 Å². The van der Waals surface area contributed by atoms with Gasteiger partial charge in [0.1, 0.15) is 0 Å². The molecule has 0 aromatic heterocycles. The third-order valence-corrected chi connectivity index (χ3v) is 5.19. The van der Waals surface area contributed by atoms with Crippen LogP contribution in [0.1, 0.15) is 44.1 Å². The van der Waals surface area contributed by atoms with E-state index in [0.29, 0.717) is 30.7 Å². The molecule has 0 heterocycles. The first kappa shape index (κ1) is 18.5. The van der Waals surface area contributed by atoms with Gasteiger partial charge >= 0.3 is 0 Å². The fourth-order valence-electron chi connectivity index (χ4n) is 2.56. The summed E-state index contributed by atoms with van der Waals surface area (Å²) in [4.78, 5) is 0. The summed E-state index contributed by atoms with van der Waals surface area (Å²) in [5.41, 5.74) is 0.792. The Morgan fingerprint density at radius 2 is 1.87 bits per heavy atom. The first-order valence-corrected chi connectivity index (χ1v) is 10.0. The van der Waals surface area contributed by atoms with E-state index in [1.165, 1.54) is 24.7 Å². The molecule has 2 rings (SSSR count). The second-order valence-corrected chi connectivity index (χ2v) is 7.87. The van der Waals surface area contributed by atoms with Gasteiger partial charge in [-0.3, -0.25) is 0 Å². The lowest BCUT2D eigenvalue weighted by Gasteiger charge is -2.21. The zero-order chi connectivity index (χ0) is 16.5. The highest BCUT2D eigenvalue weighted by Gasteiger charge is 2.13. The molecule has 4 nitrogen and oxygen atoms in total. The van der Waals surface area contributed by atoms with Crippen LogP contribution < -0.4 is 4.72 Å². The van der Waals surface area contributed by atoms with E-state index in [-0.39, 0.29) is 0 Å². The molecule has 1 aromatic rings. The zero-order valence-corrected chi connectivity index (χ0v) is 14.8. The van der Waals surface area contributed by atoms with Crippen molar-refractivity contribution in [2.45, 2.75) is 44.6 Å². The highest BCUT2D eigenvalue weighted by atomic mass is 35.5. The summed E-state index contributed by atoms with van der Waals surface area (Å²) in [5, 5.41) is 1.80. The van der Waals surface area contributed by atoms with Crippen LogP contribution in [0.25, 0.3) is 6.08 Å². The average molecular weight is 358 g/mol. The lowest BCUT2D eigenvalue weighted by molar-refractivity contribution is 0.0278. The van der Waals surface area contributed by atoms with Gasteiger partial charge in [0.15, 0.2) is 0 Å². The second-order valence-electron chi connectivity index (χ2n) is 5.78. The van der Waals surface area contributed by atoms with E-state index in [1.54, 1.807) is 30.3 Å². The lowest BCUT2D eigenvalue weighted by atomic mass is 9.98. The first-order valence-electron chi connectivity index (χ1n) is 8.10. The number of nitrogens with one attached hydrogen (secondary N) is 1. The van der Waals surface area contributed by atoms with Crippen LogP contribution >= 0.6 is 11.6 Å². The maximum Gasteiger partial charge on any atom is 0.233 e. The fourth-order valence-corrected chi connectivity index (χ4v) is 3.55. The van der Waals surface area contributed by atoms with Crippen molar-refractivity contribution < 1.29 is 13.2 Å². The summed E-state index contributed by atoms with van der Waals surface area (Å²) in [5.74, 6) is 0. The smallest absolute Gasteiger partial charge is 0.233 e. The van der Waals surface area contributed by atoms with Gasteiger partial charge in [-0.2, -0.15) is 0 Å². The monoisotopic (exact) mass is 357 g/mol. The molecule has 0 spiro atoms. The van der Waals surface area contributed by atoms with Crippen molar-refractivity contribution in [3.05, 3.63) is 40.3 Å². The van der Waals surface area contributed by atoms with Crippen LogP contribution in [0.2, 0.25) is 5.02 Å². The highest BCUT2D eigenvalue weighted by molar-refractivity contribution is 7.92. The third kappa shape index (κ3) is 7.48. The summed E-state index contributed by atoms with van der Waals surface area (Å²) in [6.45, 7) is 0.994.